The van der Waals surface area contributed by atoms with Gasteiger partial charge in [0.15, 0.2) is 0 Å². The normalized spacial score (nSPS) is 11.2. The second-order valence-electron chi connectivity index (χ2n) is 3.79. The second kappa shape index (κ2) is 5.13. The Balaban J connectivity index is 2.70. The fourth-order valence-electron chi connectivity index (χ4n) is 1.17. The van der Waals surface area contributed by atoms with Crippen molar-refractivity contribution in [2.24, 2.45) is 0 Å². The van der Waals surface area contributed by atoms with Crippen LogP contribution in [0.3, 0.4) is 0 Å². The highest BCUT2D eigenvalue weighted by Crippen LogP contribution is 2.10. The van der Waals surface area contributed by atoms with Crippen molar-refractivity contribution in [2.45, 2.75) is 0 Å². The van der Waals surface area contributed by atoms with Crippen molar-refractivity contribution >= 4 is 15.7 Å². The predicted molar refractivity (Wildman–Crippen MR) is 62.6 cm³/mol. The molecule has 17 heavy (non-hydrogen) atoms. The Morgan fingerprint density at radius 2 is 2.12 bits per heavy atom. The van der Waals surface area contributed by atoms with E-state index in [-0.39, 0.29) is 29.5 Å². The predicted octanol–water partition coefficient (Wildman–Crippen LogP) is -0.0962. The average Bonchev–Trinajstić information content (AvgIpc) is 2.24. The van der Waals surface area contributed by atoms with Crippen LogP contribution in [-0.2, 0) is 9.84 Å². The van der Waals surface area contributed by atoms with Crippen LogP contribution >= 0.6 is 0 Å². The number of pyridine rings is 1. The molecule has 0 bridgehead atoms. The number of carbonyl (C=O) groups excluding carboxylic acids is 1. The minimum atomic E-state index is -3.10. The van der Waals surface area contributed by atoms with Crippen molar-refractivity contribution in [3.05, 3.63) is 24.0 Å². The van der Waals surface area contributed by atoms with Gasteiger partial charge in [0.25, 0.3) is 5.91 Å². The molecule has 0 radical (unpaired) electrons. The van der Waals surface area contributed by atoms with Crippen LogP contribution in [0.25, 0.3) is 0 Å². The Bertz CT molecular complexity index is 513. The Morgan fingerprint density at radius 1 is 1.47 bits per heavy atom. The third-order valence-corrected chi connectivity index (χ3v) is 3.04. The lowest BCUT2D eigenvalue weighted by Gasteiger charge is -2.16. The molecule has 0 spiro atoms. The van der Waals surface area contributed by atoms with Gasteiger partial charge in [-0.1, -0.05) is 0 Å². The van der Waals surface area contributed by atoms with Gasteiger partial charge in [-0.25, -0.2) is 8.42 Å². The molecule has 0 aromatic carbocycles. The average molecular weight is 258 g/mol. The van der Waals surface area contributed by atoms with E-state index in [2.05, 4.69) is 4.98 Å². The van der Waals surface area contributed by atoms with Crippen molar-refractivity contribution < 1.29 is 18.3 Å². The highest BCUT2D eigenvalue weighted by atomic mass is 32.2. The molecule has 0 saturated carbocycles. The molecule has 0 aliphatic carbocycles. The summed E-state index contributed by atoms with van der Waals surface area (Å²) in [6.45, 7) is 0.104. The number of nitrogens with zero attached hydrogens (tertiary/aromatic N) is 2. The van der Waals surface area contributed by atoms with E-state index in [0.717, 1.165) is 6.26 Å². The Morgan fingerprint density at radius 3 is 2.65 bits per heavy atom. The lowest BCUT2D eigenvalue weighted by molar-refractivity contribution is 0.0802. The monoisotopic (exact) mass is 258 g/mol. The van der Waals surface area contributed by atoms with Crippen LogP contribution in [0.4, 0.5) is 0 Å². The highest BCUT2D eigenvalue weighted by molar-refractivity contribution is 7.90. The maximum absolute atomic E-state index is 11.8. The fourth-order valence-corrected chi connectivity index (χ4v) is 1.77. The van der Waals surface area contributed by atoms with E-state index in [1.807, 2.05) is 0 Å². The zero-order valence-electron chi connectivity index (χ0n) is 9.62. The quantitative estimate of drug-likeness (QED) is 0.815. The molecule has 0 aliphatic rings. The summed E-state index contributed by atoms with van der Waals surface area (Å²) in [5.74, 6) is -0.578. The van der Waals surface area contributed by atoms with E-state index in [1.165, 1.54) is 30.4 Å². The van der Waals surface area contributed by atoms with E-state index in [4.69, 9.17) is 0 Å². The van der Waals surface area contributed by atoms with Crippen molar-refractivity contribution in [3.8, 4) is 5.75 Å². The first-order chi connectivity index (χ1) is 7.79. The van der Waals surface area contributed by atoms with E-state index in [9.17, 15) is 18.3 Å². The Labute approximate surface area is 99.8 Å². The smallest absolute Gasteiger partial charge is 0.255 e. The van der Waals surface area contributed by atoms with Gasteiger partial charge < -0.3 is 10.0 Å². The minimum absolute atomic E-state index is 0.0957. The maximum atomic E-state index is 11.8. The van der Waals surface area contributed by atoms with E-state index < -0.39 is 9.84 Å². The molecule has 0 saturated heterocycles. The molecule has 0 atom stereocenters. The van der Waals surface area contributed by atoms with Crippen LogP contribution in [0.15, 0.2) is 18.5 Å². The number of hydrogen-bond acceptors (Lipinski definition) is 5. The molecule has 94 valence electrons. The topological polar surface area (TPSA) is 87.6 Å². The zero-order chi connectivity index (χ0) is 13.1. The number of amides is 1. The highest BCUT2D eigenvalue weighted by Gasteiger charge is 2.14. The lowest BCUT2D eigenvalue weighted by atomic mass is 10.2. The molecule has 7 heteroatoms. The van der Waals surface area contributed by atoms with Gasteiger partial charge in [0, 0.05) is 26.0 Å². The van der Waals surface area contributed by atoms with Crippen LogP contribution in [0.5, 0.6) is 5.75 Å². The van der Waals surface area contributed by atoms with Gasteiger partial charge in [-0.3, -0.25) is 9.78 Å². The van der Waals surface area contributed by atoms with Gasteiger partial charge in [-0.15, -0.1) is 0 Å². The van der Waals surface area contributed by atoms with Gasteiger partial charge in [-0.2, -0.15) is 0 Å². The minimum Gasteiger partial charge on any atom is -0.506 e. The molecule has 0 fully saturated rings. The number of aromatic hydroxyl groups is 1. The SMILES string of the molecule is CN(CCS(C)(=O)=O)C(=O)c1cncc(O)c1. The van der Waals surface area contributed by atoms with Gasteiger partial charge >= 0.3 is 0 Å². The number of hydrogen-bond donors (Lipinski definition) is 1. The van der Waals surface area contributed by atoms with Crippen LogP contribution in [0, 0.1) is 0 Å². The molecule has 1 rings (SSSR count). The first-order valence-corrected chi connectivity index (χ1v) is 6.93. The van der Waals surface area contributed by atoms with E-state index in [1.54, 1.807) is 0 Å². The van der Waals surface area contributed by atoms with Crippen LogP contribution in [-0.4, -0.2) is 54.9 Å². The van der Waals surface area contributed by atoms with Crippen molar-refractivity contribution in [2.75, 3.05) is 25.6 Å². The molecule has 6 nitrogen and oxygen atoms in total. The third kappa shape index (κ3) is 4.39. The maximum Gasteiger partial charge on any atom is 0.255 e. The van der Waals surface area contributed by atoms with Crippen LogP contribution in [0.1, 0.15) is 10.4 Å². The number of rotatable bonds is 4. The molecule has 1 amide bonds. The van der Waals surface area contributed by atoms with E-state index >= 15 is 0 Å². The van der Waals surface area contributed by atoms with Crippen molar-refractivity contribution in [3.63, 3.8) is 0 Å². The summed E-state index contributed by atoms with van der Waals surface area (Å²) in [5.41, 5.74) is 0.223. The summed E-state index contributed by atoms with van der Waals surface area (Å²) >= 11 is 0. The first-order valence-electron chi connectivity index (χ1n) is 4.87. The van der Waals surface area contributed by atoms with Crippen molar-refractivity contribution in [1.29, 1.82) is 0 Å². The third-order valence-electron chi connectivity index (χ3n) is 2.11. The Hall–Kier alpha value is -1.63. The van der Waals surface area contributed by atoms with Crippen molar-refractivity contribution in [1.82, 2.24) is 9.88 Å². The Kier molecular flexibility index (Phi) is 4.06. The molecule has 0 unspecified atom stereocenters. The standard InChI is InChI=1S/C10H14N2O4S/c1-12(3-4-17(2,15)16)10(14)8-5-9(13)7-11-6-8/h5-7,13H,3-4H2,1-2H3. The molecular formula is C10H14N2O4S. The summed E-state index contributed by atoms with van der Waals surface area (Å²) in [4.78, 5) is 16.7. The number of carbonyl (C=O) groups is 1. The first kappa shape index (κ1) is 13.4. The van der Waals surface area contributed by atoms with Crippen LogP contribution < -0.4 is 0 Å². The van der Waals surface area contributed by atoms with Crippen LogP contribution in [0.2, 0.25) is 0 Å². The molecule has 0 aliphatic heterocycles. The summed E-state index contributed by atoms with van der Waals surface area (Å²) in [7, 11) is -1.60. The van der Waals surface area contributed by atoms with E-state index in [0.29, 0.717) is 0 Å². The second-order valence-corrected chi connectivity index (χ2v) is 6.05. The van der Waals surface area contributed by atoms with Gasteiger partial charge in [0.2, 0.25) is 0 Å². The summed E-state index contributed by atoms with van der Waals surface area (Å²) in [6, 6.07) is 1.28. The van der Waals surface area contributed by atoms with Gasteiger partial charge in [0.1, 0.15) is 15.6 Å². The molecule has 1 aromatic heterocycles. The molecule has 1 aromatic rings. The van der Waals surface area contributed by atoms with Gasteiger partial charge in [0.05, 0.1) is 17.5 Å². The summed E-state index contributed by atoms with van der Waals surface area (Å²) in [5, 5.41) is 9.17. The molecule has 1 heterocycles. The molecule has 1 N–H and O–H groups in total. The summed E-state index contributed by atoms with van der Waals surface area (Å²) in [6.07, 6.45) is 3.65. The summed E-state index contributed by atoms with van der Waals surface area (Å²) < 4.78 is 21.9. The molecular weight excluding hydrogens is 244 g/mol. The fraction of sp³-hybridized carbons (Fsp3) is 0.400. The van der Waals surface area contributed by atoms with Gasteiger partial charge in [-0.05, 0) is 6.07 Å². The number of sulfone groups is 1. The number of aromatic nitrogens is 1. The zero-order valence-corrected chi connectivity index (χ0v) is 10.4. The lowest BCUT2D eigenvalue weighted by Crippen LogP contribution is -2.31. The largest absolute Gasteiger partial charge is 0.506 e.